The summed E-state index contributed by atoms with van der Waals surface area (Å²) < 4.78 is 23.3. The Morgan fingerprint density at radius 1 is 1.48 bits per heavy atom. The molecule has 2 aromatic rings. The molecular weight excluding hydrogens is 349 g/mol. The average Bonchev–Trinajstić information content (AvgIpc) is 3.03. The molecule has 0 radical (unpaired) electrons. The van der Waals surface area contributed by atoms with Crippen LogP contribution in [0.1, 0.15) is 19.1 Å². The van der Waals surface area contributed by atoms with Crippen LogP contribution in [0, 0.1) is 0 Å². The summed E-state index contributed by atoms with van der Waals surface area (Å²) in [6, 6.07) is 0. The molecule has 2 atom stereocenters. The summed E-state index contributed by atoms with van der Waals surface area (Å²) in [6.45, 7) is 0.103. The lowest BCUT2D eigenvalue weighted by atomic mass is 10.2. The molecule has 0 bridgehead atoms. The SMILES string of the molecule is Nc1nc(Cl)nc2c1ncn2[C@H]1CC[C@@H](COCP(=O)(O)O)O1. The van der Waals surface area contributed by atoms with Crippen molar-refractivity contribution in [2.45, 2.75) is 25.2 Å². The van der Waals surface area contributed by atoms with E-state index in [4.69, 9.17) is 36.6 Å². The monoisotopic (exact) mass is 363 g/mol. The van der Waals surface area contributed by atoms with Crippen molar-refractivity contribution in [3.8, 4) is 0 Å². The highest BCUT2D eigenvalue weighted by Gasteiger charge is 2.29. The summed E-state index contributed by atoms with van der Waals surface area (Å²) in [5.41, 5.74) is 6.68. The maximum absolute atomic E-state index is 10.7. The number of aromatic nitrogens is 4. The molecule has 1 aliphatic heterocycles. The van der Waals surface area contributed by atoms with Crippen molar-refractivity contribution >= 4 is 36.2 Å². The number of nitrogens with zero attached hydrogens (tertiary/aromatic N) is 4. The van der Waals surface area contributed by atoms with Crippen molar-refractivity contribution in [2.24, 2.45) is 0 Å². The van der Waals surface area contributed by atoms with Gasteiger partial charge in [-0.2, -0.15) is 9.97 Å². The zero-order chi connectivity index (χ0) is 16.6. The van der Waals surface area contributed by atoms with Crippen LogP contribution in [-0.4, -0.2) is 48.4 Å². The normalized spacial score (nSPS) is 22.0. The molecule has 0 amide bonds. The van der Waals surface area contributed by atoms with E-state index in [9.17, 15) is 4.57 Å². The maximum Gasteiger partial charge on any atom is 0.350 e. The van der Waals surface area contributed by atoms with Gasteiger partial charge in [-0.25, -0.2) is 4.98 Å². The fourth-order valence-corrected chi connectivity index (χ4v) is 2.95. The number of hydrogen-bond donors (Lipinski definition) is 3. The fourth-order valence-electron chi connectivity index (χ4n) is 2.44. The molecular formula is C11H15ClN5O5P. The minimum atomic E-state index is -4.17. The van der Waals surface area contributed by atoms with E-state index in [1.165, 1.54) is 0 Å². The van der Waals surface area contributed by atoms with Crippen molar-refractivity contribution in [2.75, 3.05) is 18.7 Å². The first kappa shape index (κ1) is 16.6. The first-order valence-electron chi connectivity index (χ1n) is 6.77. The van der Waals surface area contributed by atoms with Crippen molar-refractivity contribution < 1.29 is 23.8 Å². The van der Waals surface area contributed by atoms with Gasteiger partial charge in [0.15, 0.2) is 11.5 Å². The lowest BCUT2D eigenvalue weighted by Gasteiger charge is -2.15. The van der Waals surface area contributed by atoms with Gasteiger partial charge in [-0.3, -0.25) is 9.13 Å². The van der Waals surface area contributed by atoms with E-state index in [0.29, 0.717) is 24.0 Å². The molecule has 23 heavy (non-hydrogen) atoms. The maximum atomic E-state index is 10.7. The van der Waals surface area contributed by atoms with Gasteiger partial charge >= 0.3 is 7.60 Å². The van der Waals surface area contributed by atoms with Crippen molar-refractivity contribution in [3.05, 3.63) is 11.6 Å². The number of ether oxygens (including phenoxy) is 2. The molecule has 3 rings (SSSR count). The van der Waals surface area contributed by atoms with Crippen LogP contribution in [-0.2, 0) is 14.0 Å². The summed E-state index contributed by atoms with van der Waals surface area (Å²) in [7, 11) is -4.17. The predicted octanol–water partition coefficient (Wildman–Crippen LogP) is 0.891. The number of halogens is 1. The van der Waals surface area contributed by atoms with Gasteiger partial charge in [0.2, 0.25) is 5.28 Å². The highest BCUT2D eigenvalue weighted by molar-refractivity contribution is 7.51. The van der Waals surface area contributed by atoms with Gasteiger partial charge in [-0.1, -0.05) is 0 Å². The lowest BCUT2D eigenvalue weighted by Crippen LogP contribution is -2.17. The molecule has 0 spiro atoms. The smallest absolute Gasteiger partial charge is 0.350 e. The third-order valence-corrected chi connectivity index (χ3v) is 4.07. The second-order valence-electron chi connectivity index (χ2n) is 5.16. The van der Waals surface area contributed by atoms with Gasteiger partial charge < -0.3 is 25.0 Å². The van der Waals surface area contributed by atoms with E-state index in [1.807, 2.05) is 0 Å². The van der Waals surface area contributed by atoms with Crippen molar-refractivity contribution in [1.29, 1.82) is 0 Å². The summed E-state index contributed by atoms with van der Waals surface area (Å²) in [5.74, 6) is 0.193. The van der Waals surface area contributed by atoms with Gasteiger partial charge in [-0.05, 0) is 24.4 Å². The largest absolute Gasteiger partial charge is 0.382 e. The molecule has 0 aromatic carbocycles. The number of nitrogen functional groups attached to an aromatic ring is 1. The zero-order valence-electron chi connectivity index (χ0n) is 11.9. The minimum absolute atomic E-state index is 0.0243. The lowest BCUT2D eigenvalue weighted by molar-refractivity contribution is -0.0344. The Hall–Kier alpha value is -1.29. The van der Waals surface area contributed by atoms with E-state index in [1.54, 1.807) is 10.9 Å². The van der Waals surface area contributed by atoms with E-state index in [2.05, 4.69) is 15.0 Å². The van der Waals surface area contributed by atoms with E-state index >= 15 is 0 Å². The highest BCUT2D eigenvalue weighted by Crippen LogP contribution is 2.35. The van der Waals surface area contributed by atoms with Gasteiger partial charge in [0.05, 0.1) is 19.0 Å². The number of nitrogens with two attached hydrogens (primary N) is 1. The van der Waals surface area contributed by atoms with Gasteiger partial charge in [0.25, 0.3) is 0 Å². The molecule has 1 aliphatic rings. The molecule has 126 valence electrons. The molecule has 0 saturated carbocycles. The molecule has 0 aliphatic carbocycles. The highest BCUT2D eigenvalue weighted by atomic mass is 35.5. The Balaban J connectivity index is 1.69. The first-order valence-corrected chi connectivity index (χ1v) is 8.94. The molecule has 1 fully saturated rings. The van der Waals surface area contributed by atoms with E-state index in [-0.39, 0.29) is 30.0 Å². The summed E-state index contributed by atoms with van der Waals surface area (Å²) in [4.78, 5) is 29.6. The van der Waals surface area contributed by atoms with E-state index in [0.717, 1.165) is 0 Å². The van der Waals surface area contributed by atoms with Crippen molar-refractivity contribution in [3.63, 3.8) is 0 Å². The van der Waals surface area contributed by atoms with Crippen LogP contribution in [0.4, 0.5) is 5.82 Å². The molecule has 10 nitrogen and oxygen atoms in total. The Kier molecular flexibility index (Phi) is 4.54. The van der Waals surface area contributed by atoms with Crippen LogP contribution < -0.4 is 5.73 Å². The van der Waals surface area contributed by atoms with Crippen LogP contribution in [0.5, 0.6) is 0 Å². The number of fused-ring (bicyclic) bond motifs is 1. The van der Waals surface area contributed by atoms with Crippen LogP contribution in [0.15, 0.2) is 6.33 Å². The average molecular weight is 364 g/mol. The predicted molar refractivity (Wildman–Crippen MR) is 80.8 cm³/mol. The van der Waals surface area contributed by atoms with Gasteiger partial charge in [-0.15, -0.1) is 0 Å². The van der Waals surface area contributed by atoms with Gasteiger partial charge in [0.1, 0.15) is 18.1 Å². The molecule has 2 aromatic heterocycles. The first-order chi connectivity index (χ1) is 10.8. The molecule has 4 N–H and O–H groups in total. The van der Waals surface area contributed by atoms with E-state index < -0.39 is 13.9 Å². The van der Waals surface area contributed by atoms with Crippen LogP contribution in [0.3, 0.4) is 0 Å². The number of anilines is 1. The van der Waals surface area contributed by atoms with Crippen LogP contribution in [0.2, 0.25) is 5.28 Å². The quantitative estimate of drug-likeness (QED) is 0.520. The van der Waals surface area contributed by atoms with Crippen LogP contribution >= 0.6 is 19.2 Å². The number of hydrogen-bond acceptors (Lipinski definition) is 7. The van der Waals surface area contributed by atoms with Crippen molar-refractivity contribution in [1.82, 2.24) is 19.5 Å². The van der Waals surface area contributed by atoms with Crippen LogP contribution in [0.25, 0.3) is 11.2 Å². The Morgan fingerprint density at radius 2 is 2.26 bits per heavy atom. The number of rotatable bonds is 5. The Labute approximate surface area is 135 Å². The third kappa shape index (κ3) is 3.79. The molecule has 3 heterocycles. The molecule has 0 unspecified atom stereocenters. The minimum Gasteiger partial charge on any atom is -0.382 e. The van der Waals surface area contributed by atoms with Gasteiger partial charge in [0, 0.05) is 0 Å². The Morgan fingerprint density at radius 3 is 3.00 bits per heavy atom. The molecule has 12 heteroatoms. The second-order valence-corrected chi connectivity index (χ2v) is 7.08. The number of imidazole rings is 1. The topological polar surface area (TPSA) is 146 Å². The summed E-state index contributed by atoms with van der Waals surface area (Å²) in [6.07, 6.45) is 1.70. The standard InChI is InChI=1S/C11H15ClN5O5P/c12-11-15-9(13)8-10(16-11)17(4-14-8)7-2-1-6(22-7)3-21-5-23(18,19)20/h4,6-7H,1-3,5H2,(H2,13,15,16)(H2,18,19,20)/t6-,7+/m0/s1. The second kappa shape index (κ2) is 6.31. The Bertz CT molecular complexity index is 765. The fraction of sp³-hybridized carbons (Fsp3) is 0.545. The third-order valence-electron chi connectivity index (χ3n) is 3.38. The summed E-state index contributed by atoms with van der Waals surface area (Å²) in [5, 5.41) is 0.0243. The zero-order valence-corrected chi connectivity index (χ0v) is 13.5. The molecule has 1 saturated heterocycles. The summed E-state index contributed by atoms with van der Waals surface area (Å²) >= 11 is 5.82.